The summed E-state index contributed by atoms with van der Waals surface area (Å²) in [5.41, 5.74) is 0. The van der Waals surface area contributed by atoms with Crippen LogP contribution in [0.15, 0.2) is 16.3 Å². The molecule has 0 unspecified atom stereocenters. The highest BCUT2D eigenvalue weighted by atomic mass is 32.2. The number of hydrogen-bond acceptors (Lipinski definition) is 4. The van der Waals surface area contributed by atoms with Gasteiger partial charge in [-0.15, -0.1) is 11.3 Å². The van der Waals surface area contributed by atoms with E-state index in [1.807, 2.05) is 7.05 Å². The normalized spacial score (nSPS) is 18.8. The van der Waals surface area contributed by atoms with Gasteiger partial charge < -0.3 is 5.32 Å². The van der Waals surface area contributed by atoms with Crippen LogP contribution in [0.4, 0.5) is 0 Å². The van der Waals surface area contributed by atoms with Crippen molar-refractivity contribution >= 4 is 21.4 Å². The summed E-state index contributed by atoms with van der Waals surface area (Å²) >= 11 is 1.50. The van der Waals surface area contributed by atoms with Gasteiger partial charge in [0, 0.05) is 29.9 Å². The highest BCUT2D eigenvalue weighted by molar-refractivity contribution is 7.89. The lowest BCUT2D eigenvalue weighted by Crippen LogP contribution is -2.39. The minimum absolute atomic E-state index is 0.454. The lowest BCUT2D eigenvalue weighted by molar-refractivity contribution is 0.226. The van der Waals surface area contributed by atoms with E-state index in [0.717, 1.165) is 24.3 Å². The molecule has 0 atom stereocenters. The number of rotatable bonds is 5. The number of thiophene rings is 1. The highest BCUT2D eigenvalue weighted by Gasteiger charge is 2.30. The van der Waals surface area contributed by atoms with Crippen LogP contribution >= 0.6 is 11.3 Å². The molecule has 1 N–H and O–H groups in total. The topological polar surface area (TPSA) is 49.4 Å². The highest BCUT2D eigenvalue weighted by Crippen LogP contribution is 2.29. The lowest BCUT2D eigenvalue weighted by atomic mass is 9.87. The first-order valence-corrected chi connectivity index (χ1v) is 9.49. The zero-order valence-electron chi connectivity index (χ0n) is 12.4. The first-order chi connectivity index (χ1) is 9.45. The Morgan fingerprint density at radius 2 is 2.05 bits per heavy atom. The molecule has 2 rings (SSSR count). The molecule has 0 spiro atoms. The SMILES string of the molecule is CNCc1cc(S(=O)(=O)N2CCC(C(C)C)CC2)cs1. The molecule has 6 heteroatoms. The third-order valence-corrected chi connectivity index (χ3v) is 7.02. The third-order valence-electron chi connectivity index (χ3n) is 4.06. The Balaban J connectivity index is 2.07. The maximum Gasteiger partial charge on any atom is 0.243 e. The summed E-state index contributed by atoms with van der Waals surface area (Å²) in [6.07, 6.45) is 1.95. The zero-order chi connectivity index (χ0) is 14.8. The van der Waals surface area contributed by atoms with Gasteiger partial charge in [0.15, 0.2) is 0 Å². The lowest BCUT2D eigenvalue weighted by Gasteiger charge is -2.32. The smallest absolute Gasteiger partial charge is 0.243 e. The zero-order valence-corrected chi connectivity index (χ0v) is 14.1. The molecule has 2 heterocycles. The van der Waals surface area contributed by atoms with Crippen molar-refractivity contribution in [1.82, 2.24) is 9.62 Å². The molecular formula is C14H24N2O2S2. The van der Waals surface area contributed by atoms with Crippen molar-refractivity contribution in [1.29, 1.82) is 0 Å². The minimum Gasteiger partial charge on any atom is -0.315 e. The van der Waals surface area contributed by atoms with Gasteiger partial charge in [-0.1, -0.05) is 13.8 Å². The second-order valence-corrected chi connectivity index (χ2v) is 8.70. The van der Waals surface area contributed by atoms with Crippen LogP contribution in [0.25, 0.3) is 0 Å². The molecule has 1 fully saturated rings. The third kappa shape index (κ3) is 3.42. The molecule has 0 radical (unpaired) electrons. The van der Waals surface area contributed by atoms with Crippen LogP contribution in [0.1, 0.15) is 31.6 Å². The van der Waals surface area contributed by atoms with Crippen molar-refractivity contribution in [2.45, 2.75) is 38.1 Å². The molecule has 0 aliphatic carbocycles. The molecule has 1 aromatic rings. The van der Waals surface area contributed by atoms with Gasteiger partial charge in [-0.3, -0.25) is 0 Å². The molecule has 1 aromatic heterocycles. The van der Waals surface area contributed by atoms with Crippen LogP contribution < -0.4 is 5.32 Å². The van der Waals surface area contributed by atoms with E-state index in [4.69, 9.17) is 0 Å². The van der Waals surface area contributed by atoms with E-state index >= 15 is 0 Å². The van der Waals surface area contributed by atoms with Crippen molar-refractivity contribution in [2.75, 3.05) is 20.1 Å². The van der Waals surface area contributed by atoms with Gasteiger partial charge in [0.2, 0.25) is 10.0 Å². The number of hydrogen-bond donors (Lipinski definition) is 1. The van der Waals surface area contributed by atoms with Gasteiger partial charge in [-0.05, 0) is 37.8 Å². The van der Waals surface area contributed by atoms with E-state index in [-0.39, 0.29) is 0 Å². The number of nitrogens with one attached hydrogen (secondary N) is 1. The largest absolute Gasteiger partial charge is 0.315 e. The van der Waals surface area contributed by atoms with E-state index in [9.17, 15) is 8.42 Å². The van der Waals surface area contributed by atoms with E-state index in [1.54, 1.807) is 15.8 Å². The van der Waals surface area contributed by atoms with Crippen molar-refractivity contribution < 1.29 is 8.42 Å². The Hall–Kier alpha value is -0.430. The fourth-order valence-electron chi connectivity index (χ4n) is 2.69. The predicted molar refractivity (Wildman–Crippen MR) is 83.4 cm³/mol. The van der Waals surface area contributed by atoms with Crippen LogP contribution in [0.2, 0.25) is 0 Å². The molecule has 0 aromatic carbocycles. The summed E-state index contributed by atoms with van der Waals surface area (Å²) in [6.45, 7) is 6.47. The maximum atomic E-state index is 12.6. The molecule has 1 saturated heterocycles. The molecule has 4 nitrogen and oxygen atoms in total. The number of piperidine rings is 1. The monoisotopic (exact) mass is 316 g/mol. The Labute approximate surface area is 126 Å². The number of nitrogens with zero attached hydrogens (tertiary/aromatic N) is 1. The summed E-state index contributed by atoms with van der Waals surface area (Å²) in [7, 11) is -1.43. The number of sulfonamides is 1. The first-order valence-electron chi connectivity index (χ1n) is 7.17. The average Bonchev–Trinajstić information content (AvgIpc) is 2.88. The van der Waals surface area contributed by atoms with Crippen LogP contribution in [-0.4, -0.2) is 32.9 Å². The van der Waals surface area contributed by atoms with Gasteiger partial charge in [-0.2, -0.15) is 4.31 Å². The fourth-order valence-corrected chi connectivity index (χ4v) is 5.44. The van der Waals surface area contributed by atoms with Crippen molar-refractivity contribution in [3.63, 3.8) is 0 Å². The van der Waals surface area contributed by atoms with E-state index in [1.165, 1.54) is 11.3 Å². The molecule has 20 heavy (non-hydrogen) atoms. The Bertz CT molecular complexity index is 529. The van der Waals surface area contributed by atoms with E-state index < -0.39 is 10.0 Å². The molecule has 0 amide bonds. The van der Waals surface area contributed by atoms with Crippen molar-refractivity contribution in [2.24, 2.45) is 11.8 Å². The van der Waals surface area contributed by atoms with E-state index in [0.29, 0.717) is 29.8 Å². The summed E-state index contributed by atoms with van der Waals surface area (Å²) in [4.78, 5) is 1.51. The quantitative estimate of drug-likeness (QED) is 0.908. The molecular weight excluding hydrogens is 292 g/mol. The fraction of sp³-hybridized carbons (Fsp3) is 0.714. The standard InChI is InChI=1S/C14H24N2O2S2/c1-11(2)12-4-6-16(7-5-12)20(17,18)14-8-13(9-15-3)19-10-14/h8,10-12,15H,4-7,9H2,1-3H3. The maximum absolute atomic E-state index is 12.6. The first kappa shape index (κ1) is 15.9. The van der Waals surface area contributed by atoms with Crippen molar-refractivity contribution in [3.05, 3.63) is 16.3 Å². The summed E-state index contributed by atoms with van der Waals surface area (Å²) < 4.78 is 26.8. The second kappa shape index (κ2) is 6.56. The van der Waals surface area contributed by atoms with E-state index in [2.05, 4.69) is 19.2 Å². The van der Waals surface area contributed by atoms with Crippen molar-refractivity contribution in [3.8, 4) is 0 Å². The molecule has 0 saturated carbocycles. The molecule has 1 aliphatic heterocycles. The average molecular weight is 316 g/mol. The van der Waals surface area contributed by atoms with Gasteiger partial charge in [0.05, 0.1) is 4.90 Å². The minimum atomic E-state index is -3.29. The van der Waals surface area contributed by atoms with Gasteiger partial charge in [0.1, 0.15) is 0 Å². The van der Waals surface area contributed by atoms with Gasteiger partial charge in [-0.25, -0.2) is 8.42 Å². The Morgan fingerprint density at radius 3 is 2.60 bits per heavy atom. The summed E-state index contributed by atoms with van der Waals surface area (Å²) in [5, 5.41) is 4.81. The summed E-state index contributed by atoms with van der Waals surface area (Å²) in [5.74, 6) is 1.30. The Morgan fingerprint density at radius 1 is 1.40 bits per heavy atom. The Kier molecular flexibility index (Phi) is 5.23. The van der Waals surface area contributed by atoms with Crippen LogP contribution in [-0.2, 0) is 16.6 Å². The molecule has 1 aliphatic rings. The predicted octanol–water partition coefficient (Wildman–Crippen LogP) is 2.52. The van der Waals surface area contributed by atoms with Crippen LogP contribution in [0, 0.1) is 11.8 Å². The second-order valence-electron chi connectivity index (χ2n) is 5.76. The summed E-state index contributed by atoms with van der Waals surface area (Å²) in [6, 6.07) is 1.80. The molecule has 0 bridgehead atoms. The van der Waals surface area contributed by atoms with Crippen LogP contribution in [0.3, 0.4) is 0 Å². The van der Waals surface area contributed by atoms with Crippen LogP contribution in [0.5, 0.6) is 0 Å². The molecule has 114 valence electrons. The van der Waals surface area contributed by atoms with Gasteiger partial charge >= 0.3 is 0 Å². The van der Waals surface area contributed by atoms with Gasteiger partial charge in [0.25, 0.3) is 0 Å².